The molecular weight excluding hydrogens is 397 g/mol. The van der Waals surface area contributed by atoms with Crippen molar-refractivity contribution >= 4 is 11.8 Å². The summed E-state index contributed by atoms with van der Waals surface area (Å²) in [5.74, 6) is -1.68. The van der Waals surface area contributed by atoms with Gasteiger partial charge in [-0.15, -0.1) is 0 Å². The standard InChI is InChI=1S/C22H23F3N2O3/c23-22(24,25)14-27-12-4-7-18(21(27)30)26-20(29)17-13-16(10-11-19(17)28)9-8-15-5-2-1-3-6-15/h1-3,5-6,10-11,13,18,28H,4,7-9,12,14H2,(H,26,29). The van der Waals surface area contributed by atoms with Crippen LogP contribution in [0.25, 0.3) is 0 Å². The summed E-state index contributed by atoms with van der Waals surface area (Å²) in [5.41, 5.74) is 1.96. The molecule has 0 saturated carbocycles. The molecule has 1 atom stereocenters. The molecular formula is C22H23F3N2O3. The molecule has 0 bridgehead atoms. The average Bonchev–Trinajstić information content (AvgIpc) is 2.70. The van der Waals surface area contributed by atoms with Crippen LogP contribution in [0.5, 0.6) is 5.75 Å². The monoisotopic (exact) mass is 420 g/mol. The highest BCUT2D eigenvalue weighted by Gasteiger charge is 2.38. The second-order valence-electron chi connectivity index (χ2n) is 7.38. The lowest BCUT2D eigenvalue weighted by Gasteiger charge is -2.33. The molecule has 160 valence electrons. The van der Waals surface area contributed by atoms with Crippen LogP contribution in [0.15, 0.2) is 48.5 Å². The van der Waals surface area contributed by atoms with Crippen LogP contribution in [0.1, 0.15) is 34.3 Å². The summed E-state index contributed by atoms with van der Waals surface area (Å²) in [4.78, 5) is 25.7. The summed E-state index contributed by atoms with van der Waals surface area (Å²) in [6.45, 7) is -1.33. The van der Waals surface area contributed by atoms with Crippen molar-refractivity contribution in [3.63, 3.8) is 0 Å². The topological polar surface area (TPSA) is 69.6 Å². The number of piperidine rings is 1. The molecule has 1 fully saturated rings. The van der Waals surface area contributed by atoms with E-state index in [1.807, 2.05) is 30.3 Å². The average molecular weight is 420 g/mol. The fourth-order valence-electron chi connectivity index (χ4n) is 3.54. The van der Waals surface area contributed by atoms with Crippen LogP contribution < -0.4 is 5.32 Å². The van der Waals surface area contributed by atoms with Crippen LogP contribution >= 0.6 is 0 Å². The first-order valence-electron chi connectivity index (χ1n) is 9.75. The molecule has 0 radical (unpaired) electrons. The molecule has 2 aromatic rings. The normalized spacial score (nSPS) is 17.1. The minimum atomic E-state index is -4.49. The number of rotatable bonds is 6. The molecule has 8 heteroatoms. The van der Waals surface area contributed by atoms with Gasteiger partial charge in [0.15, 0.2) is 0 Å². The van der Waals surface area contributed by atoms with E-state index in [1.54, 1.807) is 12.1 Å². The number of alkyl halides is 3. The largest absolute Gasteiger partial charge is 0.507 e. The zero-order valence-electron chi connectivity index (χ0n) is 16.3. The molecule has 1 aliphatic rings. The van der Waals surface area contributed by atoms with E-state index in [2.05, 4.69) is 5.32 Å². The minimum absolute atomic E-state index is 0.00121. The van der Waals surface area contributed by atoms with Crippen molar-refractivity contribution in [1.82, 2.24) is 10.2 Å². The molecule has 5 nitrogen and oxygen atoms in total. The van der Waals surface area contributed by atoms with Crippen LogP contribution in [0.4, 0.5) is 13.2 Å². The van der Waals surface area contributed by atoms with E-state index in [0.717, 1.165) is 17.5 Å². The van der Waals surface area contributed by atoms with Gasteiger partial charge in [-0.25, -0.2) is 0 Å². The number of aromatic hydroxyl groups is 1. The molecule has 1 unspecified atom stereocenters. The Bertz CT molecular complexity index is 900. The van der Waals surface area contributed by atoms with Gasteiger partial charge in [0.05, 0.1) is 5.56 Å². The number of aryl methyl sites for hydroxylation is 2. The number of hydrogen-bond donors (Lipinski definition) is 2. The van der Waals surface area contributed by atoms with Crippen LogP contribution in [-0.4, -0.2) is 47.1 Å². The van der Waals surface area contributed by atoms with Crippen molar-refractivity contribution in [3.8, 4) is 5.75 Å². The third kappa shape index (κ3) is 5.75. The molecule has 2 aromatic carbocycles. The van der Waals surface area contributed by atoms with Crippen LogP contribution in [0.2, 0.25) is 0 Å². The molecule has 0 aliphatic carbocycles. The molecule has 0 aromatic heterocycles. The number of nitrogens with one attached hydrogen (secondary N) is 1. The summed E-state index contributed by atoms with van der Waals surface area (Å²) in [7, 11) is 0. The zero-order valence-corrected chi connectivity index (χ0v) is 16.3. The fraction of sp³-hybridized carbons (Fsp3) is 0.364. The summed E-state index contributed by atoms with van der Waals surface area (Å²) in [6, 6.07) is 13.4. The predicted molar refractivity (Wildman–Crippen MR) is 105 cm³/mol. The van der Waals surface area contributed by atoms with Gasteiger partial charge in [-0.1, -0.05) is 36.4 Å². The quantitative estimate of drug-likeness (QED) is 0.752. The molecule has 1 saturated heterocycles. The maximum atomic E-state index is 12.6. The third-order valence-electron chi connectivity index (χ3n) is 5.06. The van der Waals surface area contributed by atoms with E-state index in [9.17, 15) is 27.9 Å². The number of hydrogen-bond acceptors (Lipinski definition) is 3. The number of carbonyl (C=O) groups excluding carboxylic acids is 2. The van der Waals surface area contributed by atoms with Crippen LogP contribution in [-0.2, 0) is 17.6 Å². The Morgan fingerprint density at radius 3 is 2.50 bits per heavy atom. The Balaban J connectivity index is 1.66. The van der Waals surface area contributed by atoms with Crippen molar-refractivity contribution in [3.05, 3.63) is 65.2 Å². The van der Waals surface area contributed by atoms with Gasteiger partial charge in [-0.3, -0.25) is 9.59 Å². The molecule has 3 rings (SSSR count). The van der Waals surface area contributed by atoms with Gasteiger partial charge >= 0.3 is 6.18 Å². The highest BCUT2D eigenvalue weighted by molar-refractivity contribution is 5.99. The Morgan fingerprint density at radius 1 is 1.10 bits per heavy atom. The maximum absolute atomic E-state index is 12.6. The Hall–Kier alpha value is -3.03. The zero-order chi connectivity index (χ0) is 21.7. The molecule has 0 spiro atoms. The van der Waals surface area contributed by atoms with Gasteiger partial charge in [0.1, 0.15) is 18.3 Å². The second-order valence-corrected chi connectivity index (χ2v) is 7.38. The first kappa shape index (κ1) is 21.7. The number of benzene rings is 2. The van der Waals surface area contributed by atoms with Gasteiger partial charge < -0.3 is 15.3 Å². The van der Waals surface area contributed by atoms with Crippen LogP contribution in [0, 0.1) is 0 Å². The fourth-order valence-corrected chi connectivity index (χ4v) is 3.54. The van der Waals surface area contributed by atoms with E-state index in [1.165, 1.54) is 6.07 Å². The maximum Gasteiger partial charge on any atom is 0.406 e. The van der Waals surface area contributed by atoms with E-state index >= 15 is 0 Å². The first-order chi connectivity index (χ1) is 14.2. The van der Waals surface area contributed by atoms with Gasteiger partial charge in [0, 0.05) is 6.54 Å². The molecule has 2 N–H and O–H groups in total. The highest BCUT2D eigenvalue weighted by atomic mass is 19.4. The van der Waals surface area contributed by atoms with Crippen LogP contribution in [0.3, 0.4) is 0 Å². The first-order valence-corrected chi connectivity index (χ1v) is 9.75. The molecule has 2 amide bonds. The number of amides is 2. The number of carbonyl (C=O) groups is 2. The second kappa shape index (κ2) is 9.19. The van der Waals surface area contributed by atoms with Crippen molar-refractivity contribution in [2.24, 2.45) is 0 Å². The molecule has 30 heavy (non-hydrogen) atoms. The highest BCUT2D eigenvalue weighted by Crippen LogP contribution is 2.23. The van der Waals surface area contributed by atoms with E-state index in [-0.39, 0.29) is 24.3 Å². The van der Waals surface area contributed by atoms with Crippen molar-refractivity contribution in [1.29, 1.82) is 0 Å². The van der Waals surface area contributed by atoms with Gasteiger partial charge in [0.2, 0.25) is 5.91 Å². The number of nitrogens with zero attached hydrogens (tertiary/aromatic N) is 1. The molecule has 1 aliphatic heterocycles. The van der Waals surface area contributed by atoms with Gasteiger partial charge in [0.25, 0.3) is 5.91 Å². The summed E-state index contributed by atoms with van der Waals surface area (Å²) >= 11 is 0. The Kier molecular flexibility index (Phi) is 6.64. The third-order valence-corrected chi connectivity index (χ3v) is 5.06. The molecule has 1 heterocycles. The summed E-state index contributed by atoms with van der Waals surface area (Å²) in [6.07, 6.45) is -2.48. The Morgan fingerprint density at radius 2 is 1.80 bits per heavy atom. The number of phenolic OH excluding ortho intramolecular Hbond substituents is 1. The van der Waals surface area contributed by atoms with Crippen molar-refractivity contribution < 1.29 is 27.9 Å². The van der Waals surface area contributed by atoms with Crippen molar-refractivity contribution in [2.45, 2.75) is 37.9 Å². The number of phenols is 1. The van der Waals surface area contributed by atoms with Gasteiger partial charge in [-0.2, -0.15) is 13.2 Å². The van der Waals surface area contributed by atoms with E-state index in [4.69, 9.17) is 0 Å². The minimum Gasteiger partial charge on any atom is -0.507 e. The van der Waals surface area contributed by atoms with E-state index in [0.29, 0.717) is 17.7 Å². The lowest BCUT2D eigenvalue weighted by Crippen LogP contribution is -2.54. The predicted octanol–water partition coefficient (Wildman–Crippen LogP) is 3.46. The Labute approximate surface area is 172 Å². The smallest absolute Gasteiger partial charge is 0.406 e. The van der Waals surface area contributed by atoms with Gasteiger partial charge in [-0.05, 0) is 48.9 Å². The number of likely N-dealkylation sites (tertiary alicyclic amines) is 1. The van der Waals surface area contributed by atoms with Crippen molar-refractivity contribution in [2.75, 3.05) is 13.1 Å². The lowest BCUT2D eigenvalue weighted by atomic mass is 10.0. The van der Waals surface area contributed by atoms with E-state index < -0.39 is 30.6 Å². The SMILES string of the molecule is O=C(NC1CCCN(CC(F)(F)F)C1=O)c1cc(CCc2ccccc2)ccc1O. The number of halogens is 3. The lowest BCUT2D eigenvalue weighted by molar-refractivity contribution is -0.164. The summed E-state index contributed by atoms with van der Waals surface area (Å²) < 4.78 is 37.9. The summed E-state index contributed by atoms with van der Waals surface area (Å²) in [5, 5.41) is 12.6.